The maximum Gasteiger partial charge on any atom is 3.00 e. The molecule has 0 aromatic carbocycles. The van der Waals surface area contributed by atoms with Crippen molar-refractivity contribution in [2.75, 3.05) is 0 Å². The Morgan fingerprint density at radius 2 is 0.273 bits per heavy atom. The molecule has 0 aliphatic carbocycles. The molecule has 0 rings (SSSR count). The van der Waals surface area contributed by atoms with E-state index in [2.05, 4.69) is 0 Å². The Labute approximate surface area is 122 Å². The third-order valence-corrected chi connectivity index (χ3v) is 0. The first kappa shape index (κ1) is 338. The summed E-state index contributed by atoms with van der Waals surface area (Å²) in [5, 5.41) is 0. The Balaban J connectivity index is 0. The van der Waals surface area contributed by atoms with Crippen LogP contribution in [0.2, 0.25) is 0 Å². The van der Waals surface area contributed by atoms with Gasteiger partial charge in [-0.3, -0.25) is 0 Å². The van der Waals surface area contributed by atoms with Crippen LogP contribution in [-0.2, 0) is 123 Å². The largest absolute Gasteiger partial charge is 3.00 e. The van der Waals surface area contributed by atoms with E-state index in [9.17, 15) is 0 Å². The predicted molar refractivity (Wildman–Crippen MR) is 4.81 cm³/mol. The average Bonchev–Trinajstić information content (AvgIpc) is 0. The maximum absolute atomic E-state index is 0. The van der Waals surface area contributed by atoms with Crippen LogP contribution in [-0.4, -0.2) is 0 Å². The summed E-state index contributed by atoms with van der Waals surface area (Å²) in [5.41, 5.74) is 0. The standard InChI is InChI=1S/2Au.2Ir.7O/q2*+3;;;7*-2. The van der Waals surface area contributed by atoms with Crippen LogP contribution in [0, 0.1) is 0 Å². The summed E-state index contributed by atoms with van der Waals surface area (Å²) in [5.74, 6) is 0. The molecule has 0 N–H and O–H groups in total. The summed E-state index contributed by atoms with van der Waals surface area (Å²) < 4.78 is 0. The molecule has 0 aromatic heterocycles. The van der Waals surface area contributed by atoms with Gasteiger partial charge in [0.25, 0.3) is 0 Å². The van der Waals surface area contributed by atoms with Crippen molar-refractivity contribution in [1.82, 2.24) is 0 Å². The quantitative estimate of drug-likeness (QED) is 0.274. The van der Waals surface area contributed by atoms with Gasteiger partial charge in [0.1, 0.15) is 0 Å². The number of hydrogen-bond donors (Lipinski definition) is 0. The Bertz CT molecular complexity index is 14.4. The molecule has 0 spiro atoms. The van der Waals surface area contributed by atoms with E-state index in [0.29, 0.717) is 0 Å². The Morgan fingerprint density at radius 1 is 0.273 bits per heavy atom. The third-order valence-electron chi connectivity index (χ3n) is 0. The molecule has 0 atom stereocenters. The van der Waals surface area contributed by atoms with E-state index in [4.69, 9.17) is 0 Å². The molecule has 90 valence electrons. The molecule has 0 fully saturated rings. The SMILES string of the molecule is [Au+3].[Au+3].[Ir].[Ir].[O-2].[O-2].[O-2].[O-2].[O-2].[O-2].[O-2]. The first-order valence-corrected chi connectivity index (χ1v) is 0. The van der Waals surface area contributed by atoms with E-state index >= 15 is 0 Å². The second-order valence-corrected chi connectivity index (χ2v) is 0. The van der Waals surface area contributed by atoms with Crippen LogP contribution in [0.4, 0.5) is 0 Å². The Kier molecular flexibility index (Phi) is 8120. The zero-order valence-corrected chi connectivity index (χ0v) is 13.3. The van der Waals surface area contributed by atoms with E-state index in [0.717, 1.165) is 0 Å². The van der Waals surface area contributed by atoms with E-state index in [1.165, 1.54) is 0 Å². The van der Waals surface area contributed by atoms with Crippen molar-refractivity contribution in [2.45, 2.75) is 0 Å². The molecule has 0 bridgehead atoms. The van der Waals surface area contributed by atoms with Crippen LogP contribution < -0.4 is 0 Å². The molecule has 11 heavy (non-hydrogen) atoms. The summed E-state index contributed by atoms with van der Waals surface area (Å²) in [6.45, 7) is 0. The van der Waals surface area contributed by atoms with E-state index in [1.54, 1.807) is 0 Å². The van der Waals surface area contributed by atoms with Gasteiger partial charge in [-0.1, -0.05) is 0 Å². The van der Waals surface area contributed by atoms with Crippen LogP contribution >= 0.6 is 0 Å². The first-order valence-electron chi connectivity index (χ1n) is 0. The fraction of sp³-hybridized carbons (Fsp3) is 0. The smallest absolute Gasteiger partial charge is 2.00 e. The first-order chi connectivity index (χ1) is 0. The Hall–Kier alpha value is 2.50. The molecular weight excluding hydrogens is 890 g/mol. The van der Waals surface area contributed by atoms with Crippen molar-refractivity contribution in [2.24, 2.45) is 0 Å². The molecule has 0 saturated carbocycles. The van der Waals surface area contributed by atoms with Crippen LogP contribution in [0.5, 0.6) is 0 Å². The van der Waals surface area contributed by atoms with E-state index in [1.807, 2.05) is 0 Å². The van der Waals surface area contributed by atoms with Crippen molar-refractivity contribution in [3.63, 3.8) is 0 Å². The van der Waals surface area contributed by atoms with Gasteiger partial charge in [0.2, 0.25) is 0 Å². The predicted octanol–water partition coefficient (Wildman–Crippen LogP) is -0.842. The van der Waals surface area contributed by atoms with Gasteiger partial charge in [0.05, 0.1) is 0 Å². The minimum absolute atomic E-state index is 0. The third kappa shape index (κ3) is 221. The topological polar surface area (TPSA) is 200 Å². The molecule has 11 heteroatoms. The molecule has 0 heterocycles. The maximum atomic E-state index is 0. The number of rotatable bonds is 0. The molecule has 0 amide bonds. The van der Waals surface area contributed by atoms with Gasteiger partial charge in [-0.25, -0.2) is 0 Å². The van der Waals surface area contributed by atoms with E-state index in [-0.39, 0.29) is 123 Å². The molecule has 0 aromatic rings. The summed E-state index contributed by atoms with van der Waals surface area (Å²) in [7, 11) is 0. The zero-order valence-electron chi connectivity index (χ0n) is 4.13. The van der Waals surface area contributed by atoms with Gasteiger partial charge in [0, 0.05) is 40.2 Å². The van der Waals surface area contributed by atoms with Crippen molar-refractivity contribution in [1.29, 1.82) is 0 Å². The van der Waals surface area contributed by atoms with Gasteiger partial charge < -0.3 is 38.3 Å². The molecule has 0 unspecified atom stereocenters. The summed E-state index contributed by atoms with van der Waals surface area (Å²) in [6, 6.07) is 0. The van der Waals surface area contributed by atoms with Crippen molar-refractivity contribution >= 4 is 0 Å². The second kappa shape index (κ2) is 265. The molecular formula is Au2Ir2O7-8. The number of hydrogen-bond acceptors (Lipinski definition) is 0. The zero-order chi connectivity index (χ0) is 0. The summed E-state index contributed by atoms with van der Waals surface area (Å²) in [4.78, 5) is 0. The average molecular weight is 890 g/mol. The summed E-state index contributed by atoms with van der Waals surface area (Å²) in [6.07, 6.45) is 0. The normalized spacial score (nSPS) is 0. The fourth-order valence-corrected chi connectivity index (χ4v) is 0. The van der Waals surface area contributed by atoms with Crippen LogP contribution in [0.1, 0.15) is 0 Å². The van der Waals surface area contributed by atoms with Gasteiger partial charge >= 0.3 is 44.8 Å². The minimum Gasteiger partial charge on any atom is -2.00 e. The summed E-state index contributed by atoms with van der Waals surface area (Å²) >= 11 is 0. The monoisotopic (exact) mass is 892 g/mol. The van der Waals surface area contributed by atoms with Gasteiger partial charge in [-0.2, -0.15) is 0 Å². The van der Waals surface area contributed by atoms with E-state index < -0.39 is 0 Å². The van der Waals surface area contributed by atoms with Crippen LogP contribution in [0.25, 0.3) is 0 Å². The van der Waals surface area contributed by atoms with Crippen molar-refractivity contribution in [3.8, 4) is 0 Å². The van der Waals surface area contributed by atoms with Gasteiger partial charge in [0.15, 0.2) is 0 Å². The van der Waals surface area contributed by atoms with Crippen molar-refractivity contribution < 1.29 is 123 Å². The molecule has 2 radical (unpaired) electrons. The van der Waals surface area contributed by atoms with Crippen LogP contribution in [0.15, 0.2) is 0 Å². The Morgan fingerprint density at radius 3 is 0.273 bits per heavy atom. The molecule has 0 aliphatic rings. The fourth-order valence-electron chi connectivity index (χ4n) is 0. The van der Waals surface area contributed by atoms with Crippen LogP contribution in [0.3, 0.4) is 0 Å². The van der Waals surface area contributed by atoms with Crippen molar-refractivity contribution in [3.05, 3.63) is 0 Å². The van der Waals surface area contributed by atoms with Gasteiger partial charge in [-0.05, 0) is 0 Å². The minimum atomic E-state index is 0. The second-order valence-electron chi connectivity index (χ2n) is 0. The molecule has 7 nitrogen and oxygen atoms in total. The molecule has 0 saturated heterocycles. The van der Waals surface area contributed by atoms with Gasteiger partial charge in [-0.15, -0.1) is 0 Å². The molecule has 0 aliphatic heterocycles.